The van der Waals surface area contributed by atoms with E-state index in [0.717, 1.165) is 18.7 Å². The van der Waals surface area contributed by atoms with Gasteiger partial charge in [-0.1, -0.05) is 51.9 Å². The predicted molar refractivity (Wildman–Crippen MR) is 99.9 cm³/mol. The zero-order valence-electron chi connectivity index (χ0n) is 13.8. The van der Waals surface area contributed by atoms with Crippen LogP contribution < -0.4 is 10.6 Å². The second-order valence-corrected chi connectivity index (χ2v) is 6.07. The van der Waals surface area contributed by atoms with Crippen LogP contribution in [0.3, 0.4) is 0 Å². The molecule has 0 radical (unpaired) electrons. The molecule has 0 saturated heterocycles. The Morgan fingerprint density at radius 3 is 2.17 bits per heavy atom. The summed E-state index contributed by atoms with van der Waals surface area (Å²) < 4.78 is 0. The molecule has 5 nitrogen and oxygen atoms in total. The Morgan fingerprint density at radius 2 is 1.61 bits per heavy atom. The fourth-order valence-corrected chi connectivity index (χ4v) is 2.52. The molecule has 128 valence electrons. The van der Waals surface area contributed by atoms with Crippen molar-refractivity contribution in [2.75, 3.05) is 11.9 Å². The van der Waals surface area contributed by atoms with Gasteiger partial charge in [0.15, 0.2) is 5.11 Å². The molecule has 0 atom stereocenters. The van der Waals surface area contributed by atoms with Crippen molar-refractivity contribution in [1.82, 2.24) is 5.32 Å². The van der Waals surface area contributed by atoms with Crippen molar-refractivity contribution in [3.8, 4) is 0 Å². The van der Waals surface area contributed by atoms with Crippen LogP contribution in [-0.4, -0.2) is 16.6 Å². The Labute approximate surface area is 144 Å². The molecule has 23 heavy (non-hydrogen) atoms. The van der Waals surface area contributed by atoms with Crippen LogP contribution in [0.4, 0.5) is 11.4 Å². The van der Waals surface area contributed by atoms with Crippen molar-refractivity contribution in [2.45, 2.75) is 58.3 Å². The molecule has 0 aromatic heterocycles. The maximum Gasteiger partial charge on any atom is 0.269 e. The summed E-state index contributed by atoms with van der Waals surface area (Å²) in [6.07, 6.45) is 10.3. The minimum absolute atomic E-state index is 0.0772. The number of nitrogens with zero attached hydrogens (tertiary/aromatic N) is 1. The molecule has 0 saturated carbocycles. The lowest BCUT2D eigenvalue weighted by Gasteiger charge is -2.10. The highest BCUT2D eigenvalue weighted by Gasteiger charge is 2.04. The fraction of sp³-hybridized carbons (Fsp3) is 0.588. The predicted octanol–water partition coefficient (Wildman–Crippen LogP) is 5.02. The van der Waals surface area contributed by atoms with Crippen LogP contribution in [0.1, 0.15) is 58.3 Å². The zero-order valence-corrected chi connectivity index (χ0v) is 14.7. The molecule has 0 unspecified atom stereocenters. The molecule has 0 aliphatic rings. The summed E-state index contributed by atoms with van der Waals surface area (Å²) in [4.78, 5) is 10.2. The molecule has 0 bridgehead atoms. The minimum Gasteiger partial charge on any atom is -0.362 e. The molecule has 0 aliphatic heterocycles. The highest BCUT2D eigenvalue weighted by molar-refractivity contribution is 7.80. The van der Waals surface area contributed by atoms with Gasteiger partial charge in [-0.2, -0.15) is 0 Å². The number of non-ortho nitro benzene ring substituents is 1. The summed E-state index contributed by atoms with van der Waals surface area (Å²) in [6.45, 7) is 3.09. The molecule has 2 N–H and O–H groups in total. The third-order valence-electron chi connectivity index (χ3n) is 3.65. The molecule has 0 aliphatic carbocycles. The van der Waals surface area contributed by atoms with Gasteiger partial charge in [0.1, 0.15) is 0 Å². The molecule has 1 rings (SSSR count). The third kappa shape index (κ3) is 9.13. The second kappa shape index (κ2) is 11.8. The van der Waals surface area contributed by atoms with Crippen molar-refractivity contribution in [1.29, 1.82) is 0 Å². The molecule has 6 heteroatoms. The van der Waals surface area contributed by atoms with E-state index < -0.39 is 4.92 Å². The van der Waals surface area contributed by atoms with Crippen molar-refractivity contribution >= 4 is 28.7 Å². The van der Waals surface area contributed by atoms with Crippen molar-refractivity contribution in [3.05, 3.63) is 34.4 Å². The number of unbranched alkanes of at least 4 members (excludes halogenated alkanes) is 7. The Bertz CT molecular complexity index is 477. The van der Waals surface area contributed by atoms with Crippen molar-refractivity contribution in [2.24, 2.45) is 0 Å². The van der Waals surface area contributed by atoms with Gasteiger partial charge in [-0.3, -0.25) is 10.1 Å². The molecule has 0 heterocycles. The molecule has 0 fully saturated rings. The summed E-state index contributed by atoms with van der Waals surface area (Å²) in [7, 11) is 0. The highest BCUT2D eigenvalue weighted by atomic mass is 32.1. The number of rotatable bonds is 11. The van der Waals surface area contributed by atoms with Gasteiger partial charge in [-0.25, -0.2) is 0 Å². The molecular formula is C17H27N3O2S. The van der Waals surface area contributed by atoms with Gasteiger partial charge < -0.3 is 10.6 Å². The van der Waals surface area contributed by atoms with Crippen LogP contribution in [0.25, 0.3) is 0 Å². The maximum absolute atomic E-state index is 10.6. The molecule has 0 spiro atoms. The van der Waals surface area contributed by atoms with E-state index in [0.29, 0.717) is 5.11 Å². The van der Waals surface area contributed by atoms with Crippen LogP contribution in [0.15, 0.2) is 24.3 Å². The van der Waals surface area contributed by atoms with Gasteiger partial charge in [-0.05, 0) is 30.8 Å². The Morgan fingerprint density at radius 1 is 1.04 bits per heavy atom. The number of hydrogen-bond acceptors (Lipinski definition) is 3. The standard InChI is InChI=1S/C17H27N3O2S/c1-2-3-4-5-6-7-8-9-14-18-17(23)19-15-10-12-16(13-11-15)20(21)22/h10-13H,2-9,14H2,1H3,(H2,18,19,23). The first kappa shape index (κ1) is 19.4. The van der Waals surface area contributed by atoms with Crippen LogP contribution in [-0.2, 0) is 0 Å². The SMILES string of the molecule is CCCCCCCCCCNC(=S)Nc1ccc([N+](=O)[O-])cc1. The van der Waals surface area contributed by atoms with Gasteiger partial charge >= 0.3 is 0 Å². The van der Waals surface area contributed by atoms with E-state index in [9.17, 15) is 10.1 Å². The maximum atomic E-state index is 10.6. The average molecular weight is 337 g/mol. The third-order valence-corrected chi connectivity index (χ3v) is 3.90. The monoisotopic (exact) mass is 337 g/mol. The van der Waals surface area contributed by atoms with Crippen LogP contribution >= 0.6 is 12.2 Å². The van der Waals surface area contributed by atoms with E-state index in [1.54, 1.807) is 12.1 Å². The summed E-state index contributed by atoms with van der Waals surface area (Å²) in [5.41, 5.74) is 0.831. The summed E-state index contributed by atoms with van der Waals surface area (Å²) in [5.74, 6) is 0. The quantitative estimate of drug-likeness (QED) is 0.257. The Hall–Kier alpha value is -1.69. The number of nitro groups is 1. The van der Waals surface area contributed by atoms with E-state index in [1.807, 2.05) is 0 Å². The topological polar surface area (TPSA) is 67.2 Å². The Balaban J connectivity index is 2.07. The fourth-order valence-electron chi connectivity index (χ4n) is 2.30. The van der Waals surface area contributed by atoms with Gasteiger partial charge in [0, 0.05) is 24.4 Å². The average Bonchev–Trinajstić information content (AvgIpc) is 2.54. The van der Waals surface area contributed by atoms with Crippen LogP contribution in [0.5, 0.6) is 0 Å². The number of nitrogens with one attached hydrogen (secondary N) is 2. The number of thiocarbonyl (C=S) groups is 1. The van der Waals surface area contributed by atoms with Gasteiger partial charge in [-0.15, -0.1) is 0 Å². The smallest absolute Gasteiger partial charge is 0.269 e. The number of nitro benzene ring substituents is 1. The van der Waals surface area contributed by atoms with Crippen LogP contribution in [0.2, 0.25) is 0 Å². The molecule has 1 aromatic carbocycles. The molecule has 1 aromatic rings. The lowest BCUT2D eigenvalue weighted by molar-refractivity contribution is -0.384. The van der Waals surface area contributed by atoms with Gasteiger partial charge in [0.25, 0.3) is 5.69 Å². The molecule has 0 amide bonds. The number of benzene rings is 1. The van der Waals surface area contributed by atoms with Crippen LogP contribution in [0, 0.1) is 10.1 Å². The number of anilines is 1. The first-order chi connectivity index (χ1) is 11.1. The zero-order chi connectivity index (χ0) is 16.9. The van der Waals surface area contributed by atoms with E-state index in [1.165, 1.54) is 57.1 Å². The summed E-state index contributed by atoms with van der Waals surface area (Å²) >= 11 is 5.21. The van der Waals surface area contributed by atoms with Crippen molar-refractivity contribution in [3.63, 3.8) is 0 Å². The lowest BCUT2D eigenvalue weighted by Crippen LogP contribution is -2.29. The number of hydrogen-bond donors (Lipinski definition) is 2. The van der Waals surface area contributed by atoms with E-state index in [2.05, 4.69) is 17.6 Å². The first-order valence-electron chi connectivity index (χ1n) is 8.42. The Kier molecular flexibility index (Phi) is 9.95. The molecular weight excluding hydrogens is 310 g/mol. The summed E-state index contributed by atoms with van der Waals surface area (Å²) in [5, 5.41) is 17.3. The summed E-state index contributed by atoms with van der Waals surface area (Å²) in [6, 6.07) is 6.23. The first-order valence-corrected chi connectivity index (χ1v) is 8.83. The van der Waals surface area contributed by atoms with E-state index in [-0.39, 0.29) is 5.69 Å². The largest absolute Gasteiger partial charge is 0.362 e. The van der Waals surface area contributed by atoms with E-state index >= 15 is 0 Å². The van der Waals surface area contributed by atoms with Gasteiger partial charge in [0.05, 0.1) is 4.92 Å². The second-order valence-electron chi connectivity index (χ2n) is 5.66. The van der Waals surface area contributed by atoms with E-state index in [4.69, 9.17) is 12.2 Å². The minimum atomic E-state index is -0.414. The normalized spacial score (nSPS) is 10.3. The highest BCUT2D eigenvalue weighted by Crippen LogP contribution is 2.15. The van der Waals surface area contributed by atoms with Crippen molar-refractivity contribution < 1.29 is 4.92 Å². The lowest BCUT2D eigenvalue weighted by atomic mass is 10.1. The van der Waals surface area contributed by atoms with Gasteiger partial charge in [0.2, 0.25) is 0 Å².